The Kier molecular flexibility index (Phi) is 8.60. The van der Waals surface area contributed by atoms with Gasteiger partial charge < -0.3 is 5.11 Å². The summed E-state index contributed by atoms with van der Waals surface area (Å²) < 4.78 is 152. The second kappa shape index (κ2) is 18.7. The molecular weight excluding hydrogens is 974 g/mol. The largest absolute Gasteiger partial charge is 0.507 e. The minimum Gasteiger partial charge on any atom is -0.507 e. The maximum atomic E-state index is 12.5. The summed E-state index contributed by atoms with van der Waals surface area (Å²) >= 11 is 0. The summed E-state index contributed by atoms with van der Waals surface area (Å²) in [6, 6.07) is 21.0. The van der Waals surface area contributed by atoms with E-state index in [-0.39, 0.29) is 71.8 Å². The van der Waals surface area contributed by atoms with Crippen molar-refractivity contribution in [2.45, 2.75) is 119 Å². The van der Waals surface area contributed by atoms with Crippen molar-refractivity contribution in [3.63, 3.8) is 0 Å². The molecule has 0 aliphatic carbocycles. The second-order valence-electron chi connectivity index (χ2n) is 18.2. The number of benzene rings is 6. The number of rotatable bonds is 10. The Morgan fingerprint density at radius 3 is 2.00 bits per heavy atom. The average molecular weight is 1060 g/mol. The molecule has 6 aromatic carbocycles. The van der Waals surface area contributed by atoms with Gasteiger partial charge in [0.2, 0.25) is 0 Å². The van der Waals surface area contributed by atoms with Crippen molar-refractivity contribution in [3.05, 3.63) is 166 Å². The van der Waals surface area contributed by atoms with Crippen molar-refractivity contribution >= 4 is 11.0 Å². The van der Waals surface area contributed by atoms with Crippen LogP contribution in [-0.2, 0) is 26.5 Å². The molecular formula is C60H64N3OPt-. The molecule has 0 saturated heterocycles. The normalized spacial score (nSPS) is 16.8. The molecule has 2 aromatic heterocycles. The third-order valence-corrected chi connectivity index (χ3v) is 11.6. The van der Waals surface area contributed by atoms with Crippen LogP contribution in [-0.4, -0.2) is 19.6 Å². The summed E-state index contributed by atoms with van der Waals surface area (Å²) in [6.45, 7) is 13.4. The van der Waals surface area contributed by atoms with Crippen molar-refractivity contribution in [1.29, 1.82) is 0 Å². The number of pyridine rings is 1. The van der Waals surface area contributed by atoms with Gasteiger partial charge in [0, 0.05) is 46.6 Å². The molecule has 0 atom stereocenters. The monoisotopic (exact) mass is 1050 g/mol. The van der Waals surface area contributed by atoms with Crippen LogP contribution < -0.4 is 0 Å². The molecule has 0 aliphatic rings. The van der Waals surface area contributed by atoms with Gasteiger partial charge in [-0.25, -0.2) is 4.98 Å². The number of imidazole rings is 1. The van der Waals surface area contributed by atoms with Gasteiger partial charge in [0.05, 0.1) is 31.9 Å². The van der Waals surface area contributed by atoms with Crippen LogP contribution in [0.1, 0.15) is 162 Å². The number of aromatic nitrogens is 3. The van der Waals surface area contributed by atoms with E-state index >= 15 is 0 Å². The number of para-hydroxylation sites is 1. The van der Waals surface area contributed by atoms with Gasteiger partial charge in [0.1, 0.15) is 11.6 Å². The van der Waals surface area contributed by atoms with Crippen LogP contribution in [0.15, 0.2) is 121 Å². The summed E-state index contributed by atoms with van der Waals surface area (Å²) in [5.41, 5.74) is 2.32. The molecule has 0 saturated carbocycles. The van der Waals surface area contributed by atoms with Crippen molar-refractivity contribution in [2.75, 3.05) is 0 Å². The van der Waals surface area contributed by atoms with Crippen LogP contribution in [0.25, 0.3) is 72.7 Å². The average Bonchev–Trinajstić information content (AvgIpc) is 3.94. The number of hydrogen-bond donors (Lipinski definition) is 1. The first kappa shape index (κ1) is 29.9. The molecule has 5 heteroatoms. The topological polar surface area (TPSA) is 50.9 Å². The summed E-state index contributed by atoms with van der Waals surface area (Å²) in [7, 11) is 0. The number of phenols is 1. The molecule has 0 bridgehead atoms. The zero-order chi connectivity index (χ0) is 60.6. The SMILES string of the molecule is [2H]c1nc(-c2[c-]c(-c3cccc4c3nc(-c3cc(C([2H])(C)C)cc(C([2H])(C)C)c3O)n4-c3ccc(-c4c(C([2H])(C)C)cccc4C([2H])(C)C)cc3C([2H])([2H])[2H])cc(C(C)(C)C)c2)c([2H])c(-c2c([2H])c([2H])c(C([2H])([2H])[2H])c([2H])c2[2H])c1[2H].[Pt]. The summed E-state index contributed by atoms with van der Waals surface area (Å²) in [4.78, 5) is 9.67. The second-order valence-corrected chi connectivity index (χ2v) is 18.2. The zero-order valence-corrected chi connectivity index (χ0v) is 40.9. The Morgan fingerprint density at radius 2 is 1.37 bits per heavy atom. The van der Waals surface area contributed by atoms with Gasteiger partial charge in [-0.1, -0.05) is 166 Å². The summed E-state index contributed by atoms with van der Waals surface area (Å²) in [5.74, 6) is -5.29. The molecule has 0 amide bonds. The van der Waals surface area contributed by atoms with Crippen molar-refractivity contribution in [3.8, 4) is 67.5 Å². The molecule has 8 rings (SSSR count). The van der Waals surface area contributed by atoms with E-state index in [1.54, 1.807) is 133 Å². The minimum absolute atomic E-state index is 0. The molecule has 0 radical (unpaired) electrons. The van der Waals surface area contributed by atoms with Crippen LogP contribution in [0.2, 0.25) is 0 Å². The van der Waals surface area contributed by atoms with Gasteiger partial charge in [-0.3, -0.25) is 9.55 Å². The summed E-state index contributed by atoms with van der Waals surface area (Å²) in [6.07, 6.45) is -0.676. The quantitative estimate of drug-likeness (QED) is 0.139. The molecule has 65 heavy (non-hydrogen) atoms. The van der Waals surface area contributed by atoms with Gasteiger partial charge in [0.15, 0.2) is 0 Å². The zero-order valence-electron chi connectivity index (χ0n) is 55.6. The molecule has 2 heterocycles. The maximum absolute atomic E-state index is 12.5. The van der Waals surface area contributed by atoms with Gasteiger partial charge >= 0.3 is 0 Å². The first-order valence-electron chi connectivity index (χ1n) is 29.8. The molecule has 4 nitrogen and oxygen atoms in total. The predicted molar refractivity (Wildman–Crippen MR) is 271 cm³/mol. The molecule has 1 N–H and O–H groups in total. The van der Waals surface area contributed by atoms with Crippen LogP contribution in [0, 0.1) is 19.8 Å². The molecule has 0 aliphatic heterocycles. The third kappa shape index (κ3) is 9.30. The van der Waals surface area contributed by atoms with Crippen molar-refractivity contribution < 1.29 is 49.5 Å². The molecule has 336 valence electrons. The van der Waals surface area contributed by atoms with Gasteiger partial charge in [-0.05, 0) is 123 Å². The molecule has 0 fully saturated rings. The van der Waals surface area contributed by atoms with Crippen molar-refractivity contribution in [1.82, 2.24) is 14.5 Å². The first-order valence-corrected chi connectivity index (χ1v) is 21.3. The fourth-order valence-corrected chi connectivity index (χ4v) is 8.08. The predicted octanol–water partition coefficient (Wildman–Crippen LogP) is 16.7. The Hall–Kier alpha value is -5.57. The molecule has 8 aromatic rings. The fourth-order valence-electron chi connectivity index (χ4n) is 8.08. The maximum Gasteiger partial charge on any atom is 0.148 e. The van der Waals surface area contributed by atoms with E-state index in [9.17, 15) is 12.0 Å². The number of aryl methyl sites for hydroxylation is 1. The fraction of sp³-hybridized carbons (Fsp3) is 0.300. The first-order chi connectivity index (χ1) is 37.0. The standard InChI is InChI=1S/C60H64N3O.Pt/c1-35(2)44-32-51(38(7)8)58(64)52(33-44)59-62-57-50(45-29-46(31-47(30-45)60(11,12)13)53-34-42(26-27-61-53)41-22-20-39(9)21-23-41)18-15-19-55(57)63(59)54-25-24-43(28-40(54)10)56-48(36(3)4)16-14-17-49(56)37(5)6;/h14-28,30-38,64H,1-13H3;/q-1;/i9D3,10D3,20D,21D,22D,23D,26D,27D,34D,35D,36D,37D,38D;. The van der Waals surface area contributed by atoms with Gasteiger partial charge in [-0.15, -0.1) is 29.3 Å². The third-order valence-electron chi connectivity index (χ3n) is 11.6. The van der Waals surface area contributed by atoms with Crippen LogP contribution in [0.5, 0.6) is 5.75 Å². The number of fused-ring (bicyclic) bond motifs is 1. The van der Waals surface area contributed by atoms with Crippen LogP contribution in [0.3, 0.4) is 0 Å². The Morgan fingerprint density at radius 1 is 0.692 bits per heavy atom. The van der Waals surface area contributed by atoms with Crippen molar-refractivity contribution in [2.24, 2.45) is 0 Å². The smallest absolute Gasteiger partial charge is 0.148 e. The van der Waals surface area contributed by atoms with E-state index in [4.69, 9.17) is 21.4 Å². The van der Waals surface area contributed by atoms with Gasteiger partial charge in [0.25, 0.3) is 0 Å². The van der Waals surface area contributed by atoms with Crippen LogP contribution >= 0.6 is 0 Å². The Bertz CT molecular complexity index is 3800. The molecule has 0 spiro atoms. The van der Waals surface area contributed by atoms with E-state index in [1.165, 1.54) is 0 Å². The van der Waals surface area contributed by atoms with E-state index in [1.807, 2.05) is 26.8 Å². The number of phenolic OH excluding ortho intramolecular Hbond substituents is 1. The molecule has 0 unspecified atom stereocenters. The van der Waals surface area contributed by atoms with Crippen LogP contribution in [0.4, 0.5) is 0 Å². The Labute approximate surface area is 426 Å². The number of nitrogens with zero attached hydrogens (tertiary/aromatic N) is 3. The Balaban J connectivity index is 0.00000968. The van der Waals surface area contributed by atoms with E-state index in [0.717, 1.165) is 0 Å². The summed E-state index contributed by atoms with van der Waals surface area (Å²) in [5, 5.41) is 12.5. The minimum atomic E-state index is -3.03. The van der Waals surface area contributed by atoms with E-state index in [0.29, 0.717) is 50.0 Å². The van der Waals surface area contributed by atoms with E-state index in [2.05, 4.69) is 11.1 Å². The number of hydrogen-bond acceptors (Lipinski definition) is 3. The van der Waals surface area contributed by atoms with E-state index < -0.39 is 102 Å². The van der Waals surface area contributed by atoms with Gasteiger partial charge in [-0.2, -0.15) is 0 Å². The number of aromatic hydroxyl groups is 1.